The summed E-state index contributed by atoms with van der Waals surface area (Å²) >= 11 is 0. The average Bonchev–Trinajstić information content (AvgIpc) is 3.07. The van der Waals surface area contributed by atoms with Crippen LogP contribution >= 0.6 is 0 Å². The van der Waals surface area contributed by atoms with E-state index in [4.69, 9.17) is 4.74 Å². The molecule has 2 N–H and O–H groups in total. The summed E-state index contributed by atoms with van der Waals surface area (Å²) in [7, 11) is 1.58. The summed E-state index contributed by atoms with van der Waals surface area (Å²) in [5.74, 6) is -0.516. The van der Waals surface area contributed by atoms with E-state index >= 15 is 0 Å². The van der Waals surface area contributed by atoms with E-state index in [2.05, 4.69) is 10.6 Å². The number of alkyl carbamates (subject to hydrolysis) is 1. The van der Waals surface area contributed by atoms with Crippen molar-refractivity contribution in [3.8, 4) is 0 Å². The second-order valence-electron chi connectivity index (χ2n) is 5.50. The van der Waals surface area contributed by atoms with Gasteiger partial charge in [-0.1, -0.05) is 0 Å². The summed E-state index contributed by atoms with van der Waals surface area (Å²) in [6, 6.07) is -0.663. The fraction of sp³-hybridized carbons (Fsp3) is 0.786. The SMILES string of the molecule is CCOC(=O)N[C@H](C(=O)N1CCCC1)[C@@H]1C[C@@H]1C(=O)NC. The van der Waals surface area contributed by atoms with Crippen molar-refractivity contribution in [1.29, 1.82) is 0 Å². The summed E-state index contributed by atoms with van der Waals surface area (Å²) in [5, 5.41) is 5.22. The third-order valence-corrected chi connectivity index (χ3v) is 4.08. The van der Waals surface area contributed by atoms with Gasteiger partial charge in [-0.25, -0.2) is 4.79 Å². The van der Waals surface area contributed by atoms with E-state index in [0.29, 0.717) is 6.42 Å². The number of carbonyl (C=O) groups excluding carboxylic acids is 3. The van der Waals surface area contributed by atoms with Crippen LogP contribution in [-0.4, -0.2) is 55.6 Å². The molecule has 118 valence electrons. The zero-order valence-electron chi connectivity index (χ0n) is 12.6. The summed E-state index contributed by atoms with van der Waals surface area (Å²) in [4.78, 5) is 37.6. The molecule has 7 heteroatoms. The molecule has 0 spiro atoms. The van der Waals surface area contributed by atoms with Gasteiger partial charge in [0, 0.05) is 32.0 Å². The number of carbonyl (C=O) groups is 3. The first-order chi connectivity index (χ1) is 10.1. The second kappa shape index (κ2) is 6.78. The van der Waals surface area contributed by atoms with Crippen molar-refractivity contribution in [3.05, 3.63) is 0 Å². The van der Waals surface area contributed by atoms with Gasteiger partial charge in [0.15, 0.2) is 0 Å². The Balaban J connectivity index is 2.02. The van der Waals surface area contributed by atoms with Gasteiger partial charge in [-0.3, -0.25) is 9.59 Å². The summed E-state index contributed by atoms with van der Waals surface area (Å²) in [6.45, 7) is 3.40. The fourth-order valence-corrected chi connectivity index (χ4v) is 2.86. The summed E-state index contributed by atoms with van der Waals surface area (Å²) < 4.78 is 4.86. The molecule has 1 saturated carbocycles. The molecule has 1 aliphatic carbocycles. The molecular weight excluding hydrogens is 274 g/mol. The van der Waals surface area contributed by atoms with Crippen molar-refractivity contribution in [3.63, 3.8) is 0 Å². The molecule has 1 heterocycles. The van der Waals surface area contributed by atoms with E-state index in [-0.39, 0.29) is 30.3 Å². The van der Waals surface area contributed by atoms with Gasteiger partial charge in [-0.05, 0) is 26.2 Å². The van der Waals surface area contributed by atoms with Gasteiger partial charge in [0.1, 0.15) is 6.04 Å². The molecule has 2 fully saturated rings. The predicted molar refractivity (Wildman–Crippen MR) is 75.4 cm³/mol. The van der Waals surface area contributed by atoms with E-state index < -0.39 is 12.1 Å². The Hall–Kier alpha value is -1.79. The highest BCUT2D eigenvalue weighted by molar-refractivity contribution is 5.89. The minimum atomic E-state index is -0.663. The van der Waals surface area contributed by atoms with Crippen LogP contribution in [0.15, 0.2) is 0 Å². The number of likely N-dealkylation sites (tertiary alicyclic amines) is 1. The molecule has 0 bridgehead atoms. The van der Waals surface area contributed by atoms with Crippen molar-refractivity contribution in [2.75, 3.05) is 26.7 Å². The number of nitrogens with zero attached hydrogens (tertiary/aromatic N) is 1. The monoisotopic (exact) mass is 297 g/mol. The number of hydrogen-bond acceptors (Lipinski definition) is 4. The van der Waals surface area contributed by atoms with Gasteiger partial charge >= 0.3 is 6.09 Å². The lowest BCUT2D eigenvalue weighted by Crippen LogP contribution is -2.50. The number of nitrogens with one attached hydrogen (secondary N) is 2. The Bertz CT molecular complexity index is 420. The minimum Gasteiger partial charge on any atom is -0.450 e. The Morgan fingerprint density at radius 2 is 1.95 bits per heavy atom. The van der Waals surface area contributed by atoms with Crippen LogP contribution in [0.4, 0.5) is 4.79 Å². The normalized spacial score (nSPS) is 25.1. The molecule has 1 aliphatic heterocycles. The molecule has 3 atom stereocenters. The number of ether oxygens (including phenoxy) is 1. The van der Waals surface area contributed by atoms with Crippen LogP contribution in [-0.2, 0) is 14.3 Å². The summed E-state index contributed by atoms with van der Waals surface area (Å²) in [6.07, 6.45) is 2.00. The molecule has 0 aromatic rings. The topological polar surface area (TPSA) is 87.7 Å². The Morgan fingerprint density at radius 3 is 2.52 bits per heavy atom. The maximum atomic E-state index is 12.5. The van der Waals surface area contributed by atoms with Crippen LogP contribution in [0, 0.1) is 11.8 Å². The van der Waals surface area contributed by atoms with E-state index in [9.17, 15) is 14.4 Å². The molecule has 0 unspecified atom stereocenters. The largest absolute Gasteiger partial charge is 0.450 e. The predicted octanol–water partition coefficient (Wildman–Crippen LogP) is 0.106. The first kappa shape index (κ1) is 15.6. The third kappa shape index (κ3) is 3.65. The van der Waals surface area contributed by atoms with Crippen molar-refractivity contribution in [2.45, 2.75) is 32.2 Å². The first-order valence-electron chi connectivity index (χ1n) is 7.52. The van der Waals surface area contributed by atoms with E-state index in [1.165, 1.54) is 0 Å². The molecule has 0 aromatic carbocycles. The maximum Gasteiger partial charge on any atom is 0.407 e. The molecule has 3 amide bonds. The standard InChI is InChI=1S/C14H23N3O4/c1-3-21-14(20)16-11(9-8-10(9)12(18)15-2)13(19)17-6-4-5-7-17/h9-11H,3-8H2,1-2H3,(H,15,18)(H,16,20)/t9-,10+,11+/m1/s1. The molecule has 2 rings (SSSR count). The lowest BCUT2D eigenvalue weighted by atomic mass is 10.1. The zero-order chi connectivity index (χ0) is 15.4. The zero-order valence-corrected chi connectivity index (χ0v) is 12.6. The third-order valence-electron chi connectivity index (χ3n) is 4.08. The highest BCUT2D eigenvalue weighted by atomic mass is 16.5. The molecule has 0 radical (unpaired) electrons. The van der Waals surface area contributed by atoms with Gasteiger partial charge in [-0.15, -0.1) is 0 Å². The van der Waals surface area contributed by atoms with E-state index in [0.717, 1.165) is 25.9 Å². The fourth-order valence-electron chi connectivity index (χ4n) is 2.86. The van der Waals surface area contributed by atoms with Gasteiger partial charge < -0.3 is 20.3 Å². The van der Waals surface area contributed by atoms with E-state index in [1.54, 1.807) is 18.9 Å². The Kier molecular flexibility index (Phi) is 5.03. The number of hydrogen-bond donors (Lipinski definition) is 2. The van der Waals surface area contributed by atoms with Crippen LogP contribution in [0.3, 0.4) is 0 Å². The molecule has 2 aliphatic rings. The number of amides is 3. The lowest BCUT2D eigenvalue weighted by Gasteiger charge is -2.24. The van der Waals surface area contributed by atoms with Crippen molar-refractivity contribution >= 4 is 17.9 Å². The smallest absolute Gasteiger partial charge is 0.407 e. The van der Waals surface area contributed by atoms with Gasteiger partial charge in [0.05, 0.1) is 6.61 Å². The van der Waals surface area contributed by atoms with Crippen molar-refractivity contribution in [2.24, 2.45) is 11.8 Å². The van der Waals surface area contributed by atoms with Crippen LogP contribution in [0.1, 0.15) is 26.2 Å². The van der Waals surface area contributed by atoms with Crippen LogP contribution < -0.4 is 10.6 Å². The van der Waals surface area contributed by atoms with Crippen LogP contribution in [0.25, 0.3) is 0 Å². The Morgan fingerprint density at radius 1 is 1.29 bits per heavy atom. The lowest BCUT2D eigenvalue weighted by molar-refractivity contribution is -0.133. The maximum absolute atomic E-state index is 12.5. The van der Waals surface area contributed by atoms with Crippen molar-refractivity contribution < 1.29 is 19.1 Å². The molecular formula is C14H23N3O4. The highest BCUT2D eigenvalue weighted by Crippen LogP contribution is 2.42. The quantitative estimate of drug-likeness (QED) is 0.753. The minimum absolute atomic E-state index is 0.0788. The van der Waals surface area contributed by atoms with Gasteiger partial charge in [0.2, 0.25) is 11.8 Å². The molecule has 1 saturated heterocycles. The molecule has 21 heavy (non-hydrogen) atoms. The first-order valence-corrected chi connectivity index (χ1v) is 7.52. The van der Waals surface area contributed by atoms with Crippen molar-refractivity contribution in [1.82, 2.24) is 15.5 Å². The van der Waals surface area contributed by atoms with Crippen LogP contribution in [0.2, 0.25) is 0 Å². The van der Waals surface area contributed by atoms with Gasteiger partial charge in [0.25, 0.3) is 0 Å². The van der Waals surface area contributed by atoms with Crippen LogP contribution in [0.5, 0.6) is 0 Å². The van der Waals surface area contributed by atoms with E-state index in [1.807, 2.05) is 0 Å². The molecule has 0 aromatic heterocycles. The highest BCUT2D eigenvalue weighted by Gasteiger charge is 2.51. The Labute approximate surface area is 124 Å². The number of rotatable bonds is 5. The summed E-state index contributed by atoms with van der Waals surface area (Å²) in [5.41, 5.74) is 0. The average molecular weight is 297 g/mol. The molecule has 7 nitrogen and oxygen atoms in total. The second-order valence-corrected chi connectivity index (χ2v) is 5.50. The van der Waals surface area contributed by atoms with Gasteiger partial charge in [-0.2, -0.15) is 0 Å².